The second kappa shape index (κ2) is 7.50. The van der Waals surface area contributed by atoms with Crippen molar-refractivity contribution in [2.24, 2.45) is 0 Å². The SMILES string of the molecule is Cc1cc(C)cc(OCCCn2c(=O)oc(=O)c3cc(C)cc(Br)c32)c1. The Morgan fingerprint density at radius 3 is 2.35 bits per heavy atom. The van der Waals surface area contributed by atoms with Crippen LogP contribution >= 0.6 is 15.9 Å². The summed E-state index contributed by atoms with van der Waals surface area (Å²) in [7, 11) is 0. The molecule has 0 saturated heterocycles. The van der Waals surface area contributed by atoms with Crippen LogP contribution in [0, 0.1) is 20.8 Å². The van der Waals surface area contributed by atoms with Crippen LogP contribution in [0.25, 0.3) is 10.9 Å². The predicted octanol–water partition coefficient (Wildman–Crippen LogP) is 4.11. The Morgan fingerprint density at radius 2 is 1.65 bits per heavy atom. The molecule has 0 aliphatic rings. The molecule has 0 unspecified atom stereocenters. The zero-order valence-corrected chi connectivity index (χ0v) is 16.6. The fourth-order valence-corrected chi connectivity index (χ4v) is 3.87. The van der Waals surface area contributed by atoms with Crippen molar-refractivity contribution < 1.29 is 9.15 Å². The average molecular weight is 418 g/mol. The molecule has 136 valence electrons. The van der Waals surface area contributed by atoms with Gasteiger partial charge in [-0.2, -0.15) is 0 Å². The molecular formula is C20H20BrNO4. The van der Waals surface area contributed by atoms with Gasteiger partial charge in [0.2, 0.25) is 0 Å². The lowest BCUT2D eigenvalue weighted by Crippen LogP contribution is -2.26. The summed E-state index contributed by atoms with van der Waals surface area (Å²) in [6.45, 7) is 6.79. The molecule has 1 heterocycles. The van der Waals surface area contributed by atoms with Crippen molar-refractivity contribution in [3.05, 3.63) is 72.5 Å². The Morgan fingerprint density at radius 1 is 1.00 bits per heavy atom. The van der Waals surface area contributed by atoms with Crippen molar-refractivity contribution in [2.75, 3.05) is 6.61 Å². The highest BCUT2D eigenvalue weighted by atomic mass is 79.9. The average Bonchev–Trinajstić information content (AvgIpc) is 2.53. The van der Waals surface area contributed by atoms with Gasteiger partial charge >= 0.3 is 11.4 Å². The Labute approximate surface area is 159 Å². The van der Waals surface area contributed by atoms with Crippen LogP contribution in [0.2, 0.25) is 0 Å². The topological polar surface area (TPSA) is 61.4 Å². The number of rotatable bonds is 5. The second-order valence-electron chi connectivity index (χ2n) is 6.48. The third-order valence-corrected chi connectivity index (χ3v) is 4.69. The van der Waals surface area contributed by atoms with E-state index in [4.69, 9.17) is 9.15 Å². The molecule has 6 heteroatoms. The zero-order valence-electron chi connectivity index (χ0n) is 15.0. The summed E-state index contributed by atoms with van der Waals surface area (Å²) in [5.74, 6) is 0.162. The van der Waals surface area contributed by atoms with Crippen LogP contribution in [-0.2, 0) is 6.54 Å². The quantitative estimate of drug-likeness (QED) is 0.585. The summed E-state index contributed by atoms with van der Waals surface area (Å²) in [4.78, 5) is 24.2. The number of aromatic nitrogens is 1. The van der Waals surface area contributed by atoms with E-state index in [-0.39, 0.29) is 0 Å². The lowest BCUT2D eigenvalue weighted by Gasteiger charge is -2.12. The van der Waals surface area contributed by atoms with Crippen molar-refractivity contribution in [1.82, 2.24) is 4.57 Å². The maximum Gasteiger partial charge on any atom is 0.422 e. The monoisotopic (exact) mass is 417 g/mol. The fourth-order valence-electron chi connectivity index (χ4n) is 3.08. The number of hydrogen-bond acceptors (Lipinski definition) is 4. The normalized spacial score (nSPS) is 11.1. The molecule has 0 amide bonds. The largest absolute Gasteiger partial charge is 0.494 e. The molecule has 0 aliphatic heterocycles. The standard InChI is InChI=1S/C20H20BrNO4/c1-12-7-13(2)9-15(8-12)25-6-4-5-22-18-16(19(23)26-20(22)24)10-14(3)11-17(18)21/h7-11H,4-6H2,1-3H3. The second-order valence-corrected chi connectivity index (χ2v) is 7.33. The van der Waals surface area contributed by atoms with Crippen molar-refractivity contribution in [2.45, 2.75) is 33.7 Å². The third-order valence-electron chi connectivity index (χ3n) is 4.09. The first-order valence-corrected chi connectivity index (χ1v) is 9.19. The van der Waals surface area contributed by atoms with E-state index in [1.165, 1.54) is 4.57 Å². The number of fused-ring (bicyclic) bond motifs is 1. The third kappa shape index (κ3) is 3.90. The molecule has 26 heavy (non-hydrogen) atoms. The van der Waals surface area contributed by atoms with Gasteiger partial charge in [0.15, 0.2) is 0 Å². The lowest BCUT2D eigenvalue weighted by molar-refractivity contribution is 0.296. The van der Waals surface area contributed by atoms with E-state index in [1.807, 2.05) is 39.0 Å². The van der Waals surface area contributed by atoms with Crippen LogP contribution in [0.3, 0.4) is 0 Å². The smallest absolute Gasteiger partial charge is 0.422 e. The van der Waals surface area contributed by atoms with E-state index in [9.17, 15) is 9.59 Å². The maximum atomic E-state index is 12.2. The van der Waals surface area contributed by atoms with Gasteiger partial charge in [0.25, 0.3) is 0 Å². The first-order chi connectivity index (χ1) is 12.3. The molecule has 0 radical (unpaired) electrons. The minimum atomic E-state index is -0.654. The molecule has 3 rings (SSSR count). The minimum absolute atomic E-state index is 0.394. The molecule has 1 aromatic heterocycles. The van der Waals surface area contributed by atoms with Crippen molar-refractivity contribution in [1.29, 1.82) is 0 Å². The zero-order chi connectivity index (χ0) is 18.8. The van der Waals surface area contributed by atoms with Crippen LogP contribution in [0.4, 0.5) is 0 Å². The minimum Gasteiger partial charge on any atom is -0.494 e. The van der Waals surface area contributed by atoms with Gasteiger partial charge in [0, 0.05) is 11.0 Å². The van der Waals surface area contributed by atoms with Crippen molar-refractivity contribution >= 4 is 26.8 Å². The molecule has 0 bridgehead atoms. The van der Waals surface area contributed by atoms with Gasteiger partial charge in [-0.3, -0.25) is 4.57 Å². The van der Waals surface area contributed by atoms with Gasteiger partial charge < -0.3 is 9.15 Å². The summed E-state index contributed by atoms with van der Waals surface area (Å²) < 4.78 is 12.8. The van der Waals surface area contributed by atoms with Gasteiger partial charge in [-0.15, -0.1) is 0 Å². The summed E-state index contributed by atoms with van der Waals surface area (Å²) >= 11 is 3.46. The summed E-state index contributed by atoms with van der Waals surface area (Å²) in [6, 6.07) is 9.66. The molecule has 2 aromatic carbocycles. The first-order valence-electron chi connectivity index (χ1n) is 8.40. The van der Waals surface area contributed by atoms with E-state index in [1.54, 1.807) is 6.07 Å². The maximum absolute atomic E-state index is 12.2. The number of benzene rings is 2. The van der Waals surface area contributed by atoms with Gasteiger partial charge in [-0.05, 0) is 84.1 Å². The molecular weight excluding hydrogens is 398 g/mol. The van der Waals surface area contributed by atoms with Gasteiger partial charge in [0.05, 0.1) is 17.5 Å². The molecule has 0 N–H and O–H groups in total. The van der Waals surface area contributed by atoms with Gasteiger partial charge in [-0.25, -0.2) is 9.59 Å². The summed E-state index contributed by atoms with van der Waals surface area (Å²) in [5, 5.41) is 0.395. The van der Waals surface area contributed by atoms with E-state index in [2.05, 4.69) is 22.0 Å². The molecule has 3 aromatic rings. The van der Waals surface area contributed by atoms with Crippen LogP contribution in [0.1, 0.15) is 23.1 Å². The highest BCUT2D eigenvalue weighted by molar-refractivity contribution is 9.10. The van der Waals surface area contributed by atoms with Crippen LogP contribution in [-0.4, -0.2) is 11.2 Å². The fraction of sp³-hybridized carbons (Fsp3) is 0.300. The van der Waals surface area contributed by atoms with Crippen LogP contribution in [0.15, 0.2) is 48.8 Å². The van der Waals surface area contributed by atoms with Gasteiger partial charge in [0.1, 0.15) is 5.75 Å². The Bertz CT molecular complexity index is 1060. The van der Waals surface area contributed by atoms with Crippen LogP contribution in [0.5, 0.6) is 5.75 Å². The van der Waals surface area contributed by atoms with E-state index < -0.39 is 11.4 Å². The highest BCUT2D eigenvalue weighted by Gasteiger charge is 2.13. The molecule has 0 spiro atoms. The Kier molecular flexibility index (Phi) is 5.32. The van der Waals surface area contributed by atoms with E-state index in [0.717, 1.165) is 22.4 Å². The molecule has 0 fully saturated rings. The summed E-state index contributed by atoms with van der Waals surface area (Å²) in [5.41, 5.74) is 3.15. The molecule has 5 nitrogen and oxygen atoms in total. The number of halogens is 1. The van der Waals surface area contributed by atoms with Crippen molar-refractivity contribution in [3.63, 3.8) is 0 Å². The predicted molar refractivity (Wildman–Crippen MR) is 105 cm³/mol. The van der Waals surface area contributed by atoms with Crippen molar-refractivity contribution in [3.8, 4) is 5.75 Å². The molecule has 0 atom stereocenters. The highest BCUT2D eigenvalue weighted by Crippen LogP contribution is 2.23. The molecule has 0 aliphatic carbocycles. The number of hydrogen-bond donors (Lipinski definition) is 0. The molecule has 0 saturated carbocycles. The number of ether oxygens (including phenoxy) is 1. The Hall–Kier alpha value is -2.34. The number of nitrogens with zero attached hydrogens (tertiary/aromatic N) is 1. The van der Waals surface area contributed by atoms with Crippen LogP contribution < -0.4 is 16.1 Å². The first kappa shape index (κ1) is 18.5. The van der Waals surface area contributed by atoms with Gasteiger partial charge in [-0.1, -0.05) is 6.07 Å². The number of aryl methyl sites for hydroxylation is 4. The lowest BCUT2D eigenvalue weighted by atomic mass is 10.1. The Balaban J connectivity index is 1.81. The van der Waals surface area contributed by atoms with E-state index in [0.29, 0.717) is 34.9 Å². The summed E-state index contributed by atoms with van der Waals surface area (Å²) in [6.07, 6.45) is 0.607. The van der Waals surface area contributed by atoms with E-state index >= 15 is 0 Å².